The van der Waals surface area contributed by atoms with Gasteiger partial charge in [-0.05, 0) is 37.8 Å². The third kappa shape index (κ3) is 2.21. The van der Waals surface area contributed by atoms with Crippen LogP contribution in [0.1, 0.15) is 25.7 Å². The van der Waals surface area contributed by atoms with Crippen LogP contribution in [0.25, 0.3) is 11.0 Å². The Balaban J connectivity index is 1.89. The first-order valence-electron chi connectivity index (χ1n) is 7.06. The molecule has 1 fully saturated rings. The number of rotatable bonds is 2. The highest BCUT2D eigenvalue weighted by Gasteiger charge is 2.24. The first kappa shape index (κ1) is 12.5. The van der Waals surface area contributed by atoms with Crippen molar-refractivity contribution in [1.82, 2.24) is 9.55 Å². The average molecular weight is 258 g/mol. The Kier molecular flexibility index (Phi) is 3.19. The van der Waals surface area contributed by atoms with E-state index in [0.29, 0.717) is 12.1 Å². The number of nitrogens with two attached hydrogens (primary N) is 1. The topological polar surface area (TPSA) is 47.1 Å². The maximum atomic E-state index is 5.99. The predicted octanol–water partition coefficient (Wildman–Crippen LogP) is 2.28. The molecule has 1 aliphatic carbocycles. The summed E-state index contributed by atoms with van der Waals surface area (Å²) in [6.07, 6.45) is 4.58. The molecule has 4 heteroatoms. The Morgan fingerprint density at radius 3 is 2.58 bits per heavy atom. The van der Waals surface area contributed by atoms with Gasteiger partial charge in [-0.25, -0.2) is 4.98 Å². The summed E-state index contributed by atoms with van der Waals surface area (Å²) in [5.41, 5.74) is 8.25. The second kappa shape index (κ2) is 4.85. The molecule has 2 aromatic rings. The zero-order chi connectivity index (χ0) is 13.4. The summed E-state index contributed by atoms with van der Waals surface area (Å²) in [7, 11) is 4.25. The summed E-state index contributed by atoms with van der Waals surface area (Å²) >= 11 is 0. The van der Waals surface area contributed by atoms with Crippen molar-refractivity contribution < 1.29 is 0 Å². The Morgan fingerprint density at radius 1 is 1.21 bits per heavy atom. The van der Waals surface area contributed by atoms with Crippen LogP contribution in [0.2, 0.25) is 0 Å². The van der Waals surface area contributed by atoms with E-state index in [1.807, 2.05) is 6.07 Å². The summed E-state index contributed by atoms with van der Waals surface area (Å²) in [4.78, 5) is 7.09. The molecule has 0 spiro atoms. The molecular weight excluding hydrogens is 236 g/mol. The zero-order valence-corrected chi connectivity index (χ0v) is 11.7. The Hall–Kier alpha value is -1.55. The molecule has 4 nitrogen and oxygen atoms in total. The van der Waals surface area contributed by atoms with Gasteiger partial charge in [0.05, 0.1) is 11.0 Å². The Morgan fingerprint density at radius 2 is 1.89 bits per heavy atom. The van der Waals surface area contributed by atoms with Crippen molar-refractivity contribution >= 4 is 17.0 Å². The fourth-order valence-electron chi connectivity index (χ4n) is 3.10. The molecule has 0 bridgehead atoms. The van der Waals surface area contributed by atoms with E-state index in [1.165, 1.54) is 18.4 Å². The molecule has 1 saturated carbocycles. The summed E-state index contributed by atoms with van der Waals surface area (Å²) in [5.74, 6) is 1.06. The van der Waals surface area contributed by atoms with E-state index in [9.17, 15) is 0 Å². The van der Waals surface area contributed by atoms with Gasteiger partial charge in [0.25, 0.3) is 0 Å². The van der Waals surface area contributed by atoms with Crippen LogP contribution in [0.3, 0.4) is 0 Å². The molecule has 0 radical (unpaired) electrons. The molecule has 3 rings (SSSR count). The van der Waals surface area contributed by atoms with Crippen LogP contribution in [0.15, 0.2) is 24.3 Å². The van der Waals surface area contributed by atoms with Gasteiger partial charge in [0, 0.05) is 26.2 Å². The molecule has 0 unspecified atom stereocenters. The standard InChI is InChI=1S/C15H22N4/c1-18(12-9-7-11(16)8-10-12)15-17-13-5-3-4-6-14(13)19(15)2/h3-6,11-12H,7-10,16H2,1-2H3. The molecule has 1 aromatic heterocycles. The Bertz CT molecular complexity index is 567. The van der Waals surface area contributed by atoms with E-state index in [1.54, 1.807) is 0 Å². The SMILES string of the molecule is CN(c1nc2ccccc2n1C)C1CCC(N)CC1. The molecule has 1 aliphatic rings. The predicted molar refractivity (Wildman–Crippen MR) is 79.3 cm³/mol. The van der Waals surface area contributed by atoms with E-state index in [-0.39, 0.29) is 0 Å². The van der Waals surface area contributed by atoms with Gasteiger partial charge < -0.3 is 15.2 Å². The van der Waals surface area contributed by atoms with Crippen molar-refractivity contribution in [3.05, 3.63) is 24.3 Å². The fraction of sp³-hybridized carbons (Fsp3) is 0.533. The van der Waals surface area contributed by atoms with Gasteiger partial charge in [-0.1, -0.05) is 12.1 Å². The first-order valence-corrected chi connectivity index (χ1v) is 7.06. The van der Waals surface area contributed by atoms with Crippen LogP contribution in [0.5, 0.6) is 0 Å². The minimum absolute atomic E-state index is 0.394. The number of nitrogens with zero attached hydrogens (tertiary/aromatic N) is 3. The van der Waals surface area contributed by atoms with Crippen LogP contribution >= 0.6 is 0 Å². The minimum atomic E-state index is 0.394. The lowest BCUT2D eigenvalue weighted by molar-refractivity contribution is 0.381. The monoisotopic (exact) mass is 258 g/mol. The zero-order valence-electron chi connectivity index (χ0n) is 11.7. The molecule has 102 valence electrons. The van der Waals surface area contributed by atoms with Gasteiger partial charge in [-0.15, -0.1) is 0 Å². The number of para-hydroxylation sites is 2. The fourth-order valence-corrected chi connectivity index (χ4v) is 3.10. The van der Waals surface area contributed by atoms with Gasteiger partial charge >= 0.3 is 0 Å². The van der Waals surface area contributed by atoms with E-state index < -0.39 is 0 Å². The van der Waals surface area contributed by atoms with Gasteiger partial charge in [-0.3, -0.25) is 0 Å². The maximum Gasteiger partial charge on any atom is 0.206 e. The Labute approximate surface area is 114 Å². The maximum absolute atomic E-state index is 5.99. The van der Waals surface area contributed by atoms with Crippen LogP contribution in [0.4, 0.5) is 5.95 Å². The summed E-state index contributed by atoms with van der Waals surface area (Å²) in [6, 6.07) is 9.26. The normalized spacial score (nSPS) is 23.7. The highest BCUT2D eigenvalue weighted by molar-refractivity contribution is 5.78. The van der Waals surface area contributed by atoms with Crippen LogP contribution in [-0.4, -0.2) is 28.7 Å². The van der Waals surface area contributed by atoms with E-state index in [2.05, 4.69) is 41.8 Å². The molecule has 2 N–H and O–H groups in total. The molecule has 0 saturated heterocycles. The molecule has 0 aliphatic heterocycles. The quantitative estimate of drug-likeness (QED) is 0.899. The first-order chi connectivity index (χ1) is 9.16. The number of hydrogen-bond donors (Lipinski definition) is 1. The van der Waals surface area contributed by atoms with Gasteiger partial charge in [0.1, 0.15) is 0 Å². The number of fused-ring (bicyclic) bond motifs is 1. The van der Waals surface area contributed by atoms with Crippen molar-refractivity contribution in [3.8, 4) is 0 Å². The largest absolute Gasteiger partial charge is 0.342 e. The second-order valence-electron chi connectivity index (χ2n) is 5.64. The number of aromatic nitrogens is 2. The molecule has 1 heterocycles. The lowest BCUT2D eigenvalue weighted by atomic mass is 9.91. The molecule has 1 aromatic carbocycles. The molecule has 0 atom stereocenters. The van der Waals surface area contributed by atoms with Crippen LogP contribution < -0.4 is 10.6 Å². The second-order valence-corrected chi connectivity index (χ2v) is 5.64. The average Bonchev–Trinajstić information content (AvgIpc) is 2.77. The highest BCUT2D eigenvalue weighted by atomic mass is 15.3. The number of anilines is 1. The van der Waals surface area contributed by atoms with Gasteiger partial charge in [0.15, 0.2) is 0 Å². The number of benzene rings is 1. The molecule has 0 amide bonds. The summed E-state index contributed by atoms with van der Waals surface area (Å²) in [5, 5.41) is 0. The number of hydrogen-bond acceptors (Lipinski definition) is 3. The van der Waals surface area contributed by atoms with Crippen molar-refractivity contribution in [2.24, 2.45) is 12.8 Å². The van der Waals surface area contributed by atoms with Crippen molar-refractivity contribution in [3.63, 3.8) is 0 Å². The minimum Gasteiger partial charge on any atom is -0.342 e. The van der Waals surface area contributed by atoms with Crippen LogP contribution in [-0.2, 0) is 7.05 Å². The summed E-state index contributed by atoms with van der Waals surface area (Å²) in [6.45, 7) is 0. The molecule has 19 heavy (non-hydrogen) atoms. The third-order valence-electron chi connectivity index (χ3n) is 4.37. The lowest BCUT2D eigenvalue weighted by Gasteiger charge is -2.34. The van der Waals surface area contributed by atoms with Crippen LogP contribution in [0, 0.1) is 0 Å². The highest BCUT2D eigenvalue weighted by Crippen LogP contribution is 2.27. The number of imidazole rings is 1. The third-order valence-corrected chi connectivity index (χ3v) is 4.37. The smallest absolute Gasteiger partial charge is 0.206 e. The molecular formula is C15H22N4. The van der Waals surface area contributed by atoms with Crippen molar-refractivity contribution in [2.75, 3.05) is 11.9 Å². The van der Waals surface area contributed by atoms with E-state index in [0.717, 1.165) is 24.3 Å². The van der Waals surface area contributed by atoms with E-state index >= 15 is 0 Å². The lowest BCUT2D eigenvalue weighted by Crippen LogP contribution is -2.39. The van der Waals surface area contributed by atoms with Gasteiger partial charge in [-0.2, -0.15) is 0 Å². The van der Waals surface area contributed by atoms with E-state index in [4.69, 9.17) is 10.7 Å². The number of aryl methyl sites for hydroxylation is 1. The summed E-state index contributed by atoms with van der Waals surface area (Å²) < 4.78 is 2.18. The van der Waals surface area contributed by atoms with Crippen molar-refractivity contribution in [1.29, 1.82) is 0 Å². The van der Waals surface area contributed by atoms with Gasteiger partial charge in [0.2, 0.25) is 5.95 Å². The van der Waals surface area contributed by atoms with Crippen molar-refractivity contribution in [2.45, 2.75) is 37.8 Å².